The molecule has 0 aromatic heterocycles. The second-order valence-corrected chi connectivity index (χ2v) is 10.6. The number of amides is 1. The number of carbonyl (C=O) groups excluding carboxylic acids is 1. The Morgan fingerprint density at radius 2 is 1.90 bits per heavy atom. The Kier molecular flexibility index (Phi) is 9.34. The summed E-state index contributed by atoms with van der Waals surface area (Å²) in [7, 11) is 0.262. The Balaban J connectivity index is 1.93. The lowest BCUT2D eigenvalue weighted by Crippen LogP contribution is -2.51. The van der Waals surface area contributed by atoms with Gasteiger partial charge in [-0.3, -0.25) is 9.46 Å². The fourth-order valence-electron chi connectivity index (χ4n) is 3.58. The van der Waals surface area contributed by atoms with Gasteiger partial charge in [0.1, 0.15) is 6.61 Å². The number of hydrogen-bond donors (Lipinski definition) is 1. The van der Waals surface area contributed by atoms with Crippen LogP contribution in [0.4, 0.5) is 4.79 Å². The van der Waals surface area contributed by atoms with E-state index >= 15 is 0 Å². The topological polar surface area (TPSA) is 95.0 Å². The van der Waals surface area contributed by atoms with Crippen LogP contribution in [0.15, 0.2) is 0 Å². The summed E-state index contributed by atoms with van der Waals surface area (Å²) >= 11 is 0. The third-order valence-electron chi connectivity index (χ3n) is 5.21. The normalized spacial score (nSPS) is 26.7. The van der Waals surface area contributed by atoms with Crippen molar-refractivity contribution in [1.82, 2.24) is 19.1 Å². The molecule has 2 fully saturated rings. The number of ether oxygens (including phenoxy) is 2. The highest BCUT2D eigenvalue weighted by molar-refractivity contribution is 7.53. The van der Waals surface area contributed by atoms with Gasteiger partial charge in [0.05, 0.1) is 25.4 Å². The van der Waals surface area contributed by atoms with Crippen molar-refractivity contribution in [2.45, 2.75) is 39.0 Å². The third kappa shape index (κ3) is 6.62. The van der Waals surface area contributed by atoms with Crippen molar-refractivity contribution in [1.29, 1.82) is 0 Å². The maximum absolute atomic E-state index is 13.6. The minimum absolute atomic E-state index is 0.0223. The Morgan fingerprint density at radius 1 is 1.24 bits per heavy atom. The van der Waals surface area contributed by atoms with E-state index in [2.05, 4.69) is 18.7 Å². The monoisotopic (exact) mass is 436 g/mol. The average Bonchev–Trinajstić information content (AvgIpc) is 2.69. The molecule has 2 aliphatic rings. The van der Waals surface area contributed by atoms with E-state index in [4.69, 9.17) is 19.1 Å². The average molecular weight is 436 g/mol. The summed E-state index contributed by atoms with van der Waals surface area (Å²) in [6.07, 6.45) is -0.492. The minimum atomic E-state index is -3.23. The van der Waals surface area contributed by atoms with Crippen LogP contribution in [0.5, 0.6) is 0 Å². The van der Waals surface area contributed by atoms with Gasteiger partial charge in [-0.05, 0) is 34.9 Å². The largest absolute Gasteiger partial charge is 0.447 e. The van der Waals surface area contributed by atoms with Crippen LogP contribution in [0.3, 0.4) is 0 Å². The molecule has 0 aliphatic carbocycles. The quantitative estimate of drug-likeness (QED) is 0.557. The van der Waals surface area contributed by atoms with Crippen LogP contribution >= 0.6 is 7.67 Å². The predicted octanol–water partition coefficient (Wildman–Crippen LogP) is 0.917. The van der Waals surface area contributed by atoms with Crippen molar-refractivity contribution in [3.05, 3.63) is 0 Å². The van der Waals surface area contributed by atoms with Crippen LogP contribution < -0.4 is 0 Å². The van der Waals surface area contributed by atoms with Gasteiger partial charge in [-0.1, -0.05) is 0 Å². The highest BCUT2D eigenvalue weighted by Crippen LogP contribution is 2.53. The van der Waals surface area contributed by atoms with Gasteiger partial charge >= 0.3 is 13.8 Å². The standard InChI is InChI=1S/C18H37N4O6P/c1-15(2)21-12-16(3)28-17(13-21)14-27-29(25,19(4)5)22-8-6-20(7-9-22)18(24)26-11-10-23/h15-17,23H,6-14H2,1-5H3. The summed E-state index contributed by atoms with van der Waals surface area (Å²) in [5, 5.41) is 8.78. The number of aliphatic hydroxyl groups excluding tert-OH is 1. The summed E-state index contributed by atoms with van der Waals surface area (Å²) in [6, 6.07) is 0.420. The highest BCUT2D eigenvalue weighted by Gasteiger charge is 2.39. The number of morpholine rings is 1. The van der Waals surface area contributed by atoms with Crippen LogP contribution in [0.2, 0.25) is 0 Å². The second kappa shape index (κ2) is 11.0. The van der Waals surface area contributed by atoms with Crippen LogP contribution in [-0.2, 0) is 18.6 Å². The molecule has 0 aromatic rings. The number of aliphatic hydroxyl groups is 1. The van der Waals surface area contributed by atoms with E-state index in [1.807, 2.05) is 6.92 Å². The van der Waals surface area contributed by atoms with E-state index in [0.29, 0.717) is 32.2 Å². The van der Waals surface area contributed by atoms with Crippen LogP contribution in [0.25, 0.3) is 0 Å². The number of piperazine rings is 1. The molecular weight excluding hydrogens is 399 g/mol. The predicted molar refractivity (Wildman–Crippen MR) is 110 cm³/mol. The van der Waals surface area contributed by atoms with Gasteiger partial charge in [0.15, 0.2) is 0 Å². The number of carbonyl (C=O) groups is 1. The van der Waals surface area contributed by atoms with Crippen molar-refractivity contribution in [3.63, 3.8) is 0 Å². The van der Waals surface area contributed by atoms with Crippen LogP contribution in [-0.4, -0.2) is 122 Å². The zero-order valence-corrected chi connectivity index (χ0v) is 19.2. The SMILES string of the molecule is CC1CN(C(C)C)CC(COP(=O)(N(C)C)N2CCN(C(=O)OCCO)CC2)O1. The molecule has 3 atom stereocenters. The molecule has 0 saturated carbocycles. The molecule has 2 rings (SSSR count). The van der Waals surface area contributed by atoms with Gasteiger partial charge in [-0.2, -0.15) is 0 Å². The number of hydrogen-bond acceptors (Lipinski definition) is 7. The molecule has 170 valence electrons. The molecule has 0 spiro atoms. The third-order valence-corrected chi connectivity index (χ3v) is 7.82. The smallest absolute Gasteiger partial charge is 0.409 e. The first-order valence-corrected chi connectivity index (χ1v) is 11.8. The first-order valence-electron chi connectivity index (χ1n) is 10.3. The Hall–Kier alpha value is -0.740. The second-order valence-electron chi connectivity index (χ2n) is 8.03. The lowest BCUT2D eigenvalue weighted by molar-refractivity contribution is -0.0999. The summed E-state index contributed by atoms with van der Waals surface area (Å²) in [6.45, 7) is 9.65. The molecule has 10 nitrogen and oxygen atoms in total. The number of rotatable bonds is 8. The van der Waals surface area contributed by atoms with E-state index < -0.39 is 13.8 Å². The van der Waals surface area contributed by atoms with Gasteiger partial charge in [-0.25, -0.2) is 14.1 Å². The van der Waals surface area contributed by atoms with Crippen molar-refractivity contribution < 1.29 is 28.5 Å². The molecule has 0 aromatic carbocycles. The molecule has 2 aliphatic heterocycles. The molecule has 11 heteroatoms. The lowest BCUT2D eigenvalue weighted by atomic mass is 10.2. The maximum Gasteiger partial charge on any atom is 0.409 e. The van der Waals surface area contributed by atoms with Gasteiger partial charge in [0.2, 0.25) is 0 Å². The molecule has 1 N–H and O–H groups in total. The summed E-state index contributed by atoms with van der Waals surface area (Å²) in [5.74, 6) is 0. The van der Waals surface area contributed by atoms with Crippen molar-refractivity contribution in [2.75, 3.05) is 73.2 Å². The van der Waals surface area contributed by atoms with Crippen molar-refractivity contribution >= 4 is 13.8 Å². The van der Waals surface area contributed by atoms with Crippen molar-refractivity contribution in [2.24, 2.45) is 0 Å². The van der Waals surface area contributed by atoms with E-state index in [1.165, 1.54) is 0 Å². The summed E-state index contributed by atoms with van der Waals surface area (Å²) in [5.41, 5.74) is 0. The van der Waals surface area contributed by atoms with E-state index in [0.717, 1.165) is 13.1 Å². The molecule has 0 bridgehead atoms. The minimum Gasteiger partial charge on any atom is -0.447 e. The fraction of sp³-hybridized carbons (Fsp3) is 0.944. The molecule has 0 radical (unpaired) electrons. The van der Waals surface area contributed by atoms with Crippen LogP contribution in [0, 0.1) is 0 Å². The van der Waals surface area contributed by atoms with Gasteiger partial charge in [-0.15, -0.1) is 0 Å². The molecule has 2 heterocycles. The number of nitrogens with zero attached hydrogens (tertiary/aromatic N) is 4. The van der Waals surface area contributed by atoms with Crippen molar-refractivity contribution in [3.8, 4) is 0 Å². The lowest BCUT2D eigenvalue weighted by Gasteiger charge is -2.42. The molecular formula is C18H37N4O6P. The Morgan fingerprint density at radius 3 is 2.45 bits per heavy atom. The zero-order chi connectivity index (χ0) is 21.6. The van der Waals surface area contributed by atoms with E-state index in [9.17, 15) is 9.36 Å². The molecule has 1 amide bonds. The fourth-order valence-corrected chi connectivity index (χ4v) is 5.53. The van der Waals surface area contributed by atoms with E-state index in [-0.39, 0.29) is 32.0 Å². The first kappa shape index (κ1) is 24.5. The van der Waals surface area contributed by atoms with Gasteiger partial charge in [0, 0.05) is 45.3 Å². The first-order chi connectivity index (χ1) is 13.7. The molecule has 29 heavy (non-hydrogen) atoms. The van der Waals surface area contributed by atoms with Gasteiger partial charge < -0.3 is 24.0 Å². The zero-order valence-electron chi connectivity index (χ0n) is 18.3. The molecule has 3 unspecified atom stereocenters. The Labute approximate surface area is 174 Å². The highest BCUT2D eigenvalue weighted by atomic mass is 31.2. The summed E-state index contributed by atoms with van der Waals surface area (Å²) in [4.78, 5) is 15.8. The van der Waals surface area contributed by atoms with E-state index in [1.54, 1.807) is 28.3 Å². The molecule has 2 saturated heterocycles. The van der Waals surface area contributed by atoms with Gasteiger partial charge in [0.25, 0.3) is 0 Å². The Bertz CT molecular complexity index is 571. The maximum atomic E-state index is 13.6. The van der Waals surface area contributed by atoms with Crippen LogP contribution in [0.1, 0.15) is 20.8 Å². The summed E-state index contributed by atoms with van der Waals surface area (Å²) < 4.78 is 34.0.